The van der Waals surface area contributed by atoms with E-state index >= 15 is 0 Å². The molecule has 1 aliphatic rings. The van der Waals surface area contributed by atoms with Crippen molar-refractivity contribution in [3.63, 3.8) is 0 Å². The smallest absolute Gasteiger partial charge is 0.321 e. The fourth-order valence-electron chi connectivity index (χ4n) is 4.67. The van der Waals surface area contributed by atoms with Crippen molar-refractivity contribution in [3.05, 3.63) is 55.0 Å². The van der Waals surface area contributed by atoms with Crippen LogP contribution in [0.1, 0.15) is 26.7 Å². The van der Waals surface area contributed by atoms with E-state index in [-0.39, 0.29) is 17.9 Å². The summed E-state index contributed by atoms with van der Waals surface area (Å²) in [5, 5.41) is 3.01. The number of urea groups is 1. The number of nitrogens with zero attached hydrogens (tertiary/aromatic N) is 4. The summed E-state index contributed by atoms with van der Waals surface area (Å²) in [6, 6.07) is 12.5. The molecule has 186 valence electrons. The maximum absolute atomic E-state index is 13.1. The molecule has 9 nitrogen and oxygen atoms in total. The first kappa shape index (κ1) is 23.6. The van der Waals surface area contributed by atoms with Gasteiger partial charge in [-0.2, -0.15) is 0 Å². The number of rotatable bonds is 6. The summed E-state index contributed by atoms with van der Waals surface area (Å²) in [4.78, 5) is 39.1. The number of aromatic nitrogens is 2. The van der Waals surface area contributed by atoms with Gasteiger partial charge in [0, 0.05) is 32.1 Å². The van der Waals surface area contributed by atoms with Gasteiger partial charge in [0.1, 0.15) is 16.9 Å². The average molecular weight is 488 g/mol. The Kier molecular flexibility index (Phi) is 6.71. The number of anilines is 1. The molecular weight excluding hydrogens is 458 g/mol. The van der Waals surface area contributed by atoms with Gasteiger partial charge in [-0.15, -0.1) is 0 Å². The Bertz CT molecular complexity index is 1340. The van der Waals surface area contributed by atoms with Crippen molar-refractivity contribution in [2.45, 2.75) is 26.7 Å². The van der Waals surface area contributed by atoms with Crippen LogP contribution in [0.2, 0.25) is 0 Å². The number of likely N-dealkylation sites (tertiary alicyclic amines) is 1. The van der Waals surface area contributed by atoms with Crippen LogP contribution < -0.4 is 5.32 Å². The van der Waals surface area contributed by atoms with Crippen LogP contribution >= 0.6 is 0 Å². The Morgan fingerprint density at radius 1 is 0.944 bits per heavy atom. The van der Waals surface area contributed by atoms with Crippen LogP contribution in [0, 0.1) is 5.92 Å². The largest absolute Gasteiger partial charge is 0.463 e. The number of furan rings is 2. The molecular formula is C27H29N5O4. The normalized spacial score (nSPS) is 14.2. The Labute approximate surface area is 209 Å². The third-order valence-electron chi connectivity index (χ3n) is 6.65. The molecule has 3 amide bonds. The molecule has 4 heterocycles. The Balaban J connectivity index is 1.38. The highest BCUT2D eigenvalue weighted by atomic mass is 16.3. The van der Waals surface area contributed by atoms with E-state index in [1.807, 2.05) is 49.1 Å². The third kappa shape index (κ3) is 4.56. The second-order valence-electron chi connectivity index (χ2n) is 8.75. The molecule has 0 spiro atoms. The summed E-state index contributed by atoms with van der Waals surface area (Å²) in [5.41, 5.74) is 2.83. The van der Waals surface area contributed by atoms with Gasteiger partial charge < -0.3 is 24.0 Å². The Morgan fingerprint density at radius 3 is 2.17 bits per heavy atom. The van der Waals surface area contributed by atoms with Crippen LogP contribution in [-0.4, -0.2) is 57.9 Å². The lowest BCUT2D eigenvalue weighted by Crippen LogP contribution is -2.45. The van der Waals surface area contributed by atoms with E-state index in [0.29, 0.717) is 78.6 Å². The molecule has 5 rings (SSSR count). The number of hydrogen-bond acceptors (Lipinski definition) is 6. The molecule has 0 saturated carbocycles. The number of carbonyl (C=O) groups excluding carboxylic acids is 2. The van der Waals surface area contributed by atoms with E-state index in [2.05, 4.69) is 5.32 Å². The van der Waals surface area contributed by atoms with E-state index in [1.165, 1.54) is 0 Å². The topological polar surface area (TPSA) is 105 Å². The summed E-state index contributed by atoms with van der Waals surface area (Å²) in [6.45, 7) is 6.46. The lowest BCUT2D eigenvalue weighted by atomic mass is 9.95. The summed E-state index contributed by atoms with van der Waals surface area (Å²) in [6.07, 6.45) is 4.48. The summed E-state index contributed by atoms with van der Waals surface area (Å²) in [5.74, 6) is 1.28. The molecule has 1 saturated heterocycles. The fourth-order valence-corrected chi connectivity index (χ4v) is 4.67. The number of piperidine rings is 1. The van der Waals surface area contributed by atoms with Crippen LogP contribution in [0.5, 0.6) is 0 Å². The first-order valence-electron chi connectivity index (χ1n) is 12.3. The average Bonchev–Trinajstić information content (AvgIpc) is 3.64. The van der Waals surface area contributed by atoms with Crippen molar-refractivity contribution in [3.8, 4) is 22.9 Å². The van der Waals surface area contributed by atoms with Crippen molar-refractivity contribution in [2.75, 3.05) is 31.5 Å². The zero-order valence-electron chi connectivity index (χ0n) is 20.4. The second-order valence-corrected chi connectivity index (χ2v) is 8.75. The van der Waals surface area contributed by atoms with E-state index in [4.69, 9.17) is 18.8 Å². The van der Waals surface area contributed by atoms with Crippen molar-refractivity contribution >= 4 is 28.7 Å². The Hall–Kier alpha value is -4.14. The van der Waals surface area contributed by atoms with Gasteiger partial charge >= 0.3 is 6.03 Å². The van der Waals surface area contributed by atoms with E-state index < -0.39 is 0 Å². The predicted molar refractivity (Wildman–Crippen MR) is 136 cm³/mol. The van der Waals surface area contributed by atoms with E-state index in [1.54, 1.807) is 29.6 Å². The summed E-state index contributed by atoms with van der Waals surface area (Å²) < 4.78 is 11.2. The number of carbonyl (C=O) groups is 2. The van der Waals surface area contributed by atoms with Gasteiger partial charge in [0.15, 0.2) is 11.5 Å². The number of benzene rings is 1. The van der Waals surface area contributed by atoms with Crippen LogP contribution in [0.3, 0.4) is 0 Å². The number of amides is 3. The molecule has 0 radical (unpaired) electrons. The minimum absolute atomic E-state index is 0.0340. The molecule has 0 atom stereocenters. The third-order valence-corrected chi connectivity index (χ3v) is 6.65. The first-order valence-corrected chi connectivity index (χ1v) is 12.3. The van der Waals surface area contributed by atoms with Crippen LogP contribution in [-0.2, 0) is 4.79 Å². The molecule has 0 bridgehead atoms. The zero-order chi connectivity index (χ0) is 25.1. The summed E-state index contributed by atoms with van der Waals surface area (Å²) in [7, 11) is 0. The molecule has 0 unspecified atom stereocenters. The fraction of sp³-hybridized carbons (Fsp3) is 0.333. The van der Waals surface area contributed by atoms with Crippen molar-refractivity contribution < 1.29 is 18.4 Å². The molecule has 3 aromatic heterocycles. The van der Waals surface area contributed by atoms with Gasteiger partial charge in [-0.25, -0.2) is 14.8 Å². The first-order chi connectivity index (χ1) is 17.6. The zero-order valence-corrected chi connectivity index (χ0v) is 20.4. The summed E-state index contributed by atoms with van der Waals surface area (Å²) >= 11 is 0. The monoisotopic (exact) mass is 487 g/mol. The molecule has 0 aliphatic carbocycles. The van der Waals surface area contributed by atoms with E-state index in [9.17, 15) is 9.59 Å². The van der Waals surface area contributed by atoms with Crippen molar-refractivity contribution in [2.24, 2.45) is 5.92 Å². The highest BCUT2D eigenvalue weighted by Gasteiger charge is 2.29. The van der Waals surface area contributed by atoms with Gasteiger partial charge in [0.05, 0.1) is 23.7 Å². The molecule has 1 aliphatic heterocycles. The minimum Gasteiger partial charge on any atom is -0.463 e. The number of hydrogen-bond donors (Lipinski definition) is 1. The highest BCUT2D eigenvalue weighted by molar-refractivity contribution is 6.00. The standard InChI is InChI=1S/C27H29N5O4/c1-3-31(4-2)26(33)18-12-14-32(15-13-18)27(34)29-20-9-5-8-19-23(20)30-25(22-11-7-17-36-22)24(28-19)21-10-6-16-35-21/h5-11,16-18H,3-4,12-15H2,1-2H3,(H,29,34). The lowest BCUT2D eigenvalue weighted by molar-refractivity contribution is -0.136. The van der Waals surface area contributed by atoms with Crippen LogP contribution in [0.25, 0.3) is 33.9 Å². The Morgan fingerprint density at radius 2 is 1.58 bits per heavy atom. The SMILES string of the molecule is CCN(CC)C(=O)C1CCN(C(=O)Nc2cccc3nc(-c4ccco4)c(-c4ccco4)nc23)CC1. The quantitative estimate of drug-likeness (QED) is 0.398. The number of para-hydroxylation sites is 1. The second kappa shape index (κ2) is 10.2. The van der Waals surface area contributed by atoms with Gasteiger partial charge in [0.25, 0.3) is 0 Å². The molecule has 1 fully saturated rings. The van der Waals surface area contributed by atoms with Gasteiger partial charge in [-0.05, 0) is 63.1 Å². The molecule has 36 heavy (non-hydrogen) atoms. The van der Waals surface area contributed by atoms with E-state index in [0.717, 1.165) is 0 Å². The van der Waals surface area contributed by atoms with Crippen LogP contribution in [0.4, 0.5) is 10.5 Å². The minimum atomic E-state index is -0.215. The molecule has 1 N–H and O–H groups in total. The van der Waals surface area contributed by atoms with Crippen molar-refractivity contribution in [1.82, 2.24) is 19.8 Å². The maximum atomic E-state index is 13.1. The van der Waals surface area contributed by atoms with Gasteiger partial charge in [0.2, 0.25) is 5.91 Å². The van der Waals surface area contributed by atoms with Crippen LogP contribution in [0.15, 0.2) is 63.8 Å². The lowest BCUT2D eigenvalue weighted by Gasteiger charge is -2.33. The highest BCUT2D eigenvalue weighted by Crippen LogP contribution is 2.33. The number of nitrogens with one attached hydrogen (secondary N) is 1. The maximum Gasteiger partial charge on any atom is 0.321 e. The molecule has 1 aromatic carbocycles. The number of fused-ring (bicyclic) bond motifs is 1. The molecule has 4 aromatic rings. The van der Waals surface area contributed by atoms with Crippen molar-refractivity contribution in [1.29, 1.82) is 0 Å². The van der Waals surface area contributed by atoms with Gasteiger partial charge in [-0.1, -0.05) is 6.07 Å². The molecule has 9 heteroatoms. The predicted octanol–water partition coefficient (Wildman–Crippen LogP) is 5.26. The van der Waals surface area contributed by atoms with Gasteiger partial charge in [-0.3, -0.25) is 4.79 Å².